The van der Waals surface area contributed by atoms with Crippen molar-refractivity contribution in [2.75, 3.05) is 0 Å². The highest BCUT2D eigenvalue weighted by molar-refractivity contribution is 7.14. The molecule has 17 heavy (non-hydrogen) atoms. The largest absolute Gasteiger partial charge is 0.329 e. The Morgan fingerprint density at radius 2 is 2.24 bits per heavy atom. The molecule has 0 spiro atoms. The zero-order chi connectivity index (χ0) is 12.1. The van der Waals surface area contributed by atoms with Crippen molar-refractivity contribution in [1.82, 2.24) is 15.2 Å². The zero-order valence-corrected chi connectivity index (χ0v) is 10.6. The Hall–Kier alpha value is -1.49. The van der Waals surface area contributed by atoms with Crippen LogP contribution in [0.3, 0.4) is 0 Å². The van der Waals surface area contributed by atoms with Gasteiger partial charge in [0.2, 0.25) is 5.56 Å². The molecule has 0 aliphatic rings. The fourth-order valence-electron chi connectivity index (χ4n) is 1.58. The third-order valence-electron chi connectivity index (χ3n) is 2.48. The second-order valence-corrected chi connectivity index (χ2v) is 4.96. The van der Waals surface area contributed by atoms with Crippen LogP contribution in [0.4, 0.5) is 0 Å². The number of hydrogen-bond acceptors (Lipinski definition) is 4. The van der Waals surface area contributed by atoms with Crippen LogP contribution in [0.15, 0.2) is 23.1 Å². The van der Waals surface area contributed by atoms with Gasteiger partial charge in [0.05, 0.1) is 0 Å². The van der Waals surface area contributed by atoms with Gasteiger partial charge in [-0.25, -0.2) is 0 Å². The second-order valence-electron chi connectivity index (χ2n) is 3.90. The molecule has 2 heterocycles. The van der Waals surface area contributed by atoms with Crippen LogP contribution >= 0.6 is 11.3 Å². The van der Waals surface area contributed by atoms with Crippen molar-refractivity contribution in [2.45, 2.75) is 32.6 Å². The molecule has 0 saturated carbocycles. The van der Waals surface area contributed by atoms with E-state index in [1.165, 1.54) is 12.8 Å². The summed E-state index contributed by atoms with van der Waals surface area (Å²) in [6.07, 6.45) is 6.20. The molecular weight excluding hydrogens is 234 g/mol. The van der Waals surface area contributed by atoms with Crippen LogP contribution in [0.1, 0.15) is 31.2 Å². The highest BCUT2D eigenvalue weighted by Crippen LogP contribution is 2.22. The number of pyridine rings is 1. The first-order valence-corrected chi connectivity index (χ1v) is 6.62. The lowest BCUT2D eigenvalue weighted by atomic mass is 10.2. The average Bonchev–Trinajstić information content (AvgIpc) is 2.78. The maximum Gasteiger partial charge on any atom is 0.248 e. The Bertz CT molecular complexity index is 532. The molecule has 5 heteroatoms. The molecule has 0 aromatic carbocycles. The summed E-state index contributed by atoms with van der Waals surface area (Å²) in [5.41, 5.74) is 0.734. The fourth-order valence-corrected chi connectivity index (χ4v) is 2.45. The van der Waals surface area contributed by atoms with Crippen LogP contribution in [-0.2, 0) is 6.42 Å². The molecule has 2 aromatic heterocycles. The van der Waals surface area contributed by atoms with Crippen molar-refractivity contribution in [3.63, 3.8) is 0 Å². The van der Waals surface area contributed by atoms with Crippen LogP contribution in [0.5, 0.6) is 0 Å². The van der Waals surface area contributed by atoms with Gasteiger partial charge in [0.25, 0.3) is 0 Å². The number of rotatable bonds is 5. The number of H-pyrrole nitrogens is 1. The van der Waals surface area contributed by atoms with Crippen molar-refractivity contribution in [3.8, 4) is 10.6 Å². The lowest BCUT2D eigenvalue weighted by molar-refractivity contribution is 0.710. The number of nitrogens with one attached hydrogen (secondary N) is 1. The van der Waals surface area contributed by atoms with Crippen molar-refractivity contribution in [2.24, 2.45) is 0 Å². The summed E-state index contributed by atoms with van der Waals surface area (Å²) in [6, 6.07) is 3.40. The van der Waals surface area contributed by atoms with E-state index in [-0.39, 0.29) is 5.56 Å². The smallest absolute Gasteiger partial charge is 0.248 e. The fraction of sp³-hybridized carbons (Fsp3) is 0.417. The molecule has 2 aromatic rings. The number of unbranched alkanes of at least 4 members (excludes halogenated alkanes) is 2. The van der Waals surface area contributed by atoms with Crippen molar-refractivity contribution >= 4 is 11.3 Å². The Morgan fingerprint density at radius 3 is 3.00 bits per heavy atom. The van der Waals surface area contributed by atoms with Gasteiger partial charge in [-0.2, -0.15) is 0 Å². The molecule has 0 saturated heterocycles. The van der Waals surface area contributed by atoms with Gasteiger partial charge in [-0.1, -0.05) is 31.1 Å². The number of aromatic amines is 1. The van der Waals surface area contributed by atoms with Gasteiger partial charge in [-0.3, -0.25) is 4.79 Å². The SMILES string of the molecule is CCCCCc1nnc(-c2cc[nH]c(=O)c2)s1. The van der Waals surface area contributed by atoms with E-state index in [0.717, 1.165) is 28.4 Å². The van der Waals surface area contributed by atoms with Gasteiger partial charge in [-0.05, 0) is 12.5 Å². The Balaban J connectivity index is 2.10. The Kier molecular flexibility index (Phi) is 4.03. The van der Waals surface area contributed by atoms with Crippen LogP contribution in [0.25, 0.3) is 10.6 Å². The minimum atomic E-state index is -0.106. The molecular formula is C12H15N3OS. The summed E-state index contributed by atoms with van der Waals surface area (Å²) >= 11 is 1.57. The van der Waals surface area contributed by atoms with Gasteiger partial charge < -0.3 is 4.98 Å². The summed E-state index contributed by atoms with van der Waals surface area (Å²) in [5, 5.41) is 10.1. The average molecular weight is 249 g/mol. The number of hydrogen-bond donors (Lipinski definition) is 1. The summed E-state index contributed by atoms with van der Waals surface area (Å²) in [6.45, 7) is 2.18. The lowest BCUT2D eigenvalue weighted by Crippen LogP contribution is -2.01. The first kappa shape index (κ1) is 12.0. The van der Waals surface area contributed by atoms with Crippen LogP contribution in [-0.4, -0.2) is 15.2 Å². The maximum absolute atomic E-state index is 11.2. The molecule has 90 valence electrons. The molecule has 0 aliphatic carbocycles. The van der Waals surface area contributed by atoms with E-state index in [4.69, 9.17) is 0 Å². The van der Waals surface area contributed by atoms with Crippen LogP contribution < -0.4 is 5.56 Å². The highest BCUT2D eigenvalue weighted by atomic mass is 32.1. The van der Waals surface area contributed by atoms with Crippen molar-refractivity contribution in [3.05, 3.63) is 33.7 Å². The van der Waals surface area contributed by atoms with Crippen LogP contribution in [0, 0.1) is 0 Å². The van der Waals surface area contributed by atoms with E-state index in [1.807, 2.05) is 6.07 Å². The monoisotopic (exact) mass is 249 g/mol. The maximum atomic E-state index is 11.2. The quantitative estimate of drug-likeness (QED) is 0.829. The minimum Gasteiger partial charge on any atom is -0.329 e. The number of aromatic nitrogens is 3. The molecule has 2 rings (SSSR count). The van der Waals surface area contributed by atoms with Gasteiger partial charge in [0, 0.05) is 24.2 Å². The predicted octanol–water partition coefficient (Wildman–Crippen LogP) is 2.63. The van der Waals surface area contributed by atoms with Crippen molar-refractivity contribution in [1.29, 1.82) is 0 Å². The first-order chi connectivity index (χ1) is 8.29. The summed E-state index contributed by atoms with van der Waals surface area (Å²) in [4.78, 5) is 13.8. The summed E-state index contributed by atoms with van der Waals surface area (Å²) in [5.74, 6) is 0. The molecule has 0 fully saturated rings. The Labute approximate surface area is 104 Å². The molecule has 0 amide bonds. The molecule has 1 N–H and O–H groups in total. The lowest BCUT2D eigenvalue weighted by Gasteiger charge is -1.93. The van der Waals surface area contributed by atoms with E-state index >= 15 is 0 Å². The minimum absolute atomic E-state index is 0.106. The third kappa shape index (κ3) is 3.23. The van der Waals surface area contributed by atoms with E-state index in [0.29, 0.717) is 0 Å². The molecule has 0 atom stereocenters. The Morgan fingerprint density at radius 1 is 1.35 bits per heavy atom. The molecule has 0 unspecified atom stereocenters. The summed E-state index contributed by atoms with van der Waals surface area (Å²) in [7, 11) is 0. The molecule has 0 bridgehead atoms. The number of nitrogens with zero attached hydrogens (tertiary/aromatic N) is 2. The zero-order valence-electron chi connectivity index (χ0n) is 9.77. The van der Waals surface area contributed by atoms with E-state index in [9.17, 15) is 4.79 Å². The normalized spacial score (nSPS) is 10.6. The van der Waals surface area contributed by atoms with Gasteiger partial charge >= 0.3 is 0 Å². The molecule has 0 aliphatic heterocycles. The molecule has 4 nitrogen and oxygen atoms in total. The third-order valence-corrected chi connectivity index (χ3v) is 3.52. The van der Waals surface area contributed by atoms with E-state index < -0.39 is 0 Å². The van der Waals surface area contributed by atoms with Crippen LogP contribution in [0.2, 0.25) is 0 Å². The highest BCUT2D eigenvalue weighted by Gasteiger charge is 2.06. The van der Waals surface area contributed by atoms with Gasteiger partial charge in [-0.15, -0.1) is 10.2 Å². The van der Waals surface area contributed by atoms with E-state index in [2.05, 4.69) is 22.1 Å². The summed E-state index contributed by atoms with van der Waals surface area (Å²) < 4.78 is 0. The van der Waals surface area contributed by atoms with E-state index in [1.54, 1.807) is 23.6 Å². The first-order valence-electron chi connectivity index (χ1n) is 5.81. The van der Waals surface area contributed by atoms with Gasteiger partial charge in [0.15, 0.2) is 0 Å². The molecule has 0 radical (unpaired) electrons. The standard InChI is InChI=1S/C12H15N3OS/c1-2-3-4-5-11-14-15-12(17-11)9-6-7-13-10(16)8-9/h6-8H,2-5H2,1H3,(H,13,16). The topological polar surface area (TPSA) is 58.6 Å². The predicted molar refractivity (Wildman–Crippen MR) is 69.2 cm³/mol. The van der Waals surface area contributed by atoms with Crippen molar-refractivity contribution < 1.29 is 0 Å². The second kappa shape index (κ2) is 5.72. The number of aryl methyl sites for hydroxylation is 1. The van der Waals surface area contributed by atoms with Gasteiger partial charge in [0.1, 0.15) is 10.0 Å².